The maximum Gasteiger partial charge on any atom is 0.345 e. The van der Waals surface area contributed by atoms with Crippen LogP contribution >= 0.6 is 11.3 Å². The maximum absolute atomic E-state index is 12.4. The normalized spacial score (nSPS) is 11.5. The molecule has 154 valence electrons. The van der Waals surface area contributed by atoms with Crippen LogP contribution in [0.15, 0.2) is 69.2 Å². The SMILES string of the molecule is CCN(CC)c1ccc(C=C(C#N)c2nc(-c3cc4ccccc4oc3=O)cs2)cc1. The number of hydrogen-bond donors (Lipinski definition) is 0. The lowest BCUT2D eigenvalue weighted by molar-refractivity contribution is 0.563. The van der Waals surface area contributed by atoms with Crippen LogP contribution in [-0.2, 0) is 0 Å². The number of allylic oxidation sites excluding steroid dienone is 1. The minimum absolute atomic E-state index is 0.391. The quantitative estimate of drug-likeness (QED) is 0.286. The van der Waals surface area contributed by atoms with Crippen LogP contribution in [0.1, 0.15) is 24.4 Å². The Labute approximate surface area is 184 Å². The van der Waals surface area contributed by atoms with Gasteiger partial charge in [-0.15, -0.1) is 11.3 Å². The van der Waals surface area contributed by atoms with Crippen LogP contribution in [0.4, 0.5) is 5.69 Å². The largest absolute Gasteiger partial charge is 0.422 e. The molecule has 0 aliphatic carbocycles. The highest BCUT2D eigenvalue weighted by atomic mass is 32.1. The van der Waals surface area contributed by atoms with Crippen molar-refractivity contribution >= 4 is 39.6 Å². The lowest BCUT2D eigenvalue weighted by Gasteiger charge is -2.20. The third-order valence-corrected chi connectivity index (χ3v) is 5.98. The van der Waals surface area contributed by atoms with E-state index in [2.05, 4.69) is 41.9 Å². The highest BCUT2D eigenvalue weighted by molar-refractivity contribution is 7.11. The molecule has 0 fully saturated rings. The van der Waals surface area contributed by atoms with Gasteiger partial charge in [0.15, 0.2) is 0 Å². The molecule has 6 heteroatoms. The van der Waals surface area contributed by atoms with E-state index < -0.39 is 5.63 Å². The van der Waals surface area contributed by atoms with E-state index in [4.69, 9.17) is 4.42 Å². The van der Waals surface area contributed by atoms with E-state index in [0.717, 1.165) is 29.7 Å². The number of benzene rings is 2. The molecule has 0 amide bonds. The van der Waals surface area contributed by atoms with E-state index in [1.165, 1.54) is 11.3 Å². The molecule has 2 aromatic heterocycles. The lowest BCUT2D eigenvalue weighted by Crippen LogP contribution is -2.21. The monoisotopic (exact) mass is 427 g/mol. The minimum Gasteiger partial charge on any atom is -0.422 e. The molecule has 2 heterocycles. The van der Waals surface area contributed by atoms with Crippen molar-refractivity contribution in [3.63, 3.8) is 0 Å². The molecule has 4 rings (SSSR count). The Bertz CT molecular complexity index is 1340. The number of anilines is 1. The Morgan fingerprint density at radius 2 is 1.90 bits per heavy atom. The van der Waals surface area contributed by atoms with E-state index >= 15 is 0 Å². The summed E-state index contributed by atoms with van der Waals surface area (Å²) in [5.74, 6) is 0. The topological polar surface area (TPSA) is 70.1 Å². The molecule has 0 saturated heterocycles. The summed E-state index contributed by atoms with van der Waals surface area (Å²) in [6, 6.07) is 19.5. The molecule has 0 radical (unpaired) electrons. The van der Waals surface area contributed by atoms with E-state index in [1.54, 1.807) is 17.5 Å². The molecule has 0 aliphatic rings. The first-order chi connectivity index (χ1) is 15.1. The minimum atomic E-state index is -0.440. The van der Waals surface area contributed by atoms with Gasteiger partial charge in [-0.25, -0.2) is 9.78 Å². The van der Waals surface area contributed by atoms with E-state index in [9.17, 15) is 10.1 Å². The van der Waals surface area contributed by atoms with Crippen molar-refractivity contribution in [1.82, 2.24) is 4.98 Å². The van der Waals surface area contributed by atoms with Gasteiger partial charge in [0.25, 0.3) is 0 Å². The van der Waals surface area contributed by atoms with Crippen molar-refractivity contribution in [3.8, 4) is 17.3 Å². The third-order valence-electron chi connectivity index (χ3n) is 5.11. The summed E-state index contributed by atoms with van der Waals surface area (Å²) < 4.78 is 5.41. The first-order valence-electron chi connectivity index (χ1n) is 10.1. The van der Waals surface area contributed by atoms with Crippen molar-refractivity contribution < 1.29 is 4.42 Å². The fraction of sp³-hybridized carbons (Fsp3) is 0.160. The molecule has 4 aromatic rings. The zero-order chi connectivity index (χ0) is 21.8. The lowest BCUT2D eigenvalue weighted by atomic mass is 10.1. The van der Waals surface area contributed by atoms with Crippen LogP contribution < -0.4 is 10.5 Å². The van der Waals surface area contributed by atoms with Gasteiger partial charge in [-0.2, -0.15) is 5.26 Å². The zero-order valence-electron chi connectivity index (χ0n) is 17.3. The number of hydrogen-bond acceptors (Lipinski definition) is 6. The summed E-state index contributed by atoms with van der Waals surface area (Å²) in [5.41, 5.74) is 3.54. The van der Waals surface area contributed by atoms with Crippen molar-refractivity contribution in [2.75, 3.05) is 18.0 Å². The number of thiazole rings is 1. The van der Waals surface area contributed by atoms with E-state index in [1.807, 2.05) is 36.4 Å². The van der Waals surface area contributed by atoms with Crippen LogP contribution in [0.5, 0.6) is 0 Å². The number of aromatic nitrogens is 1. The van der Waals surface area contributed by atoms with Crippen LogP contribution in [-0.4, -0.2) is 18.1 Å². The predicted molar refractivity (Wildman–Crippen MR) is 127 cm³/mol. The van der Waals surface area contributed by atoms with Gasteiger partial charge in [0, 0.05) is 29.5 Å². The van der Waals surface area contributed by atoms with Crippen molar-refractivity contribution in [1.29, 1.82) is 5.26 Å². The van der Waals surface area contributed by atoms with Gasteiger partial charge < -0.3 is 9.32 Å². The molecule has 0 unspecified atom stereocenters. The molecule has 0 saturated carbocycles. The third kappa shape index (κ3) is 4.27. The van der Waals surface area contributed by atoms with E-state index in [0.29, 0.717) is 27.4 Å². The Kier molecular flexibility index (Phi) is 5.96. The van der Waals surface area contributed by atoms with Gasteiger partial charge in [0.1, 0.15) is 16.7 Å². The van der Waals surface area contributed by atoms with Gasteiger partial charge in [-0.3, -0.25) is 0 Å². The van der Waals surface area contributed by atoms with Gasteiger partial charge in [0.2, 0.25) is 0 Å². The molecule has 0 N–H and O–H groups in total. The van der Waals surface area contributed by atoms with Gasteiger partial charge in [0.05, 0.1) is 16.8 Å². The van der Waals surface area contributed by atoms with Crippen LogP contribution in [0.25, 0.3) is 33.9 Å². The predicted octanol–water partition coefficient (Wildman–Crippen LogP) is 5.83. The number of para-hydroxylation sites is 1. The van der Waals surface area contributed by atoms with Crippen LogP contribution in [0.3, 0.4) is 0 Å². The van der Waals surface area contributed by atoms with Crippen molar-refractivity contribution in [3.05, 3.63) is 81.0 Å². The molecule has 2 aromatic carbocycles. The van der Waals surface area contributed by atoms with Crippen molar-refractivity contribution in [2.45, 2.75) is 13.8 Å². The second kappa shape index (κ2) is 8.99. The zero-order valence-corrected chi connectivity index (χ0v) is 18.1. The number of nitriles is 1. The molecular weight excluding hydrogens is 406 g/mol. The van der Waals surface area contributed by atoms with Crippen molar-refractivity contribution in [2.24, 2.45) is 0 Å². The number of nitrogens with zero attached hydrogens (tertiary/aromatic N) is 3. The van der Waals surface area contributed by atoms with Gasteiger partial charge in [-0.1, -0.05) is 30.3 Å². The fourth-order valence-corrected chi connectivity index (χ4v) is 4.23. The Morgan fingerprint density at radius 1 is 1.16 bits per heavy atom. The molecule has 0 bridgehead atoms. The summed E-state index contributed by atoms with van der Waals surface area (Å²) in [7, 11) is 0. The molecule has 0 atom stereocenters. The number of rotatable bonds is 6. The van der Waals surface area contributed by atoms with Crippen LogP contribution in [0.2, 0.25) is 0 Å². The summed E-state index contributed by atoms with van der Waals surface area (Å²) in [6.07, 6.45) is 1.82. The fourth-order valence-electron chi connectivity index (χ4n) is 3.44. The Balaban J connectivity index is 1.65. The van der Waals surface area contributed by atoms with Gasteiger partial charge >= 0.3 is 5.63 Å². The Morgan fingerprint density at radius 3 is 2.61 bits per heavy atom. The highest BCUT2D eigenvalue weighted by Gasteiger charge is 2.14. The molecule has 0 spiro atoms. The second-order valence-corrected chi connectivity index (χ2v) is 7.81. The maximum atomic E-state index is 12.4. The molecular formula is C25H21N3O2S. The highest BCUT2D eigenvalue weighted by Crippen LogP contribution is 2.28. The first-order valence-corrected chi connectivity index (χ1v) is 11.0. The first kappa shape index (κ1) is 20.6. The molecule has 5 nitrogen and oxygen atoms in total. The summed E-state index contributed by atoms with van der Waals surface area (Å²) >= 11 is 1.34. The average molecular weight is 428 g/mol. The van der Waals surface area contributed by atoms with E-state index in [-0.39, 0.29) is 0 Å². The van der Waals surface area contributed by atoms with Crippen LogP contribution in [0, 0.1) is 11.3 Å². The number of fused-ring (bicyclic) bond motifs is 1. The standard InChI is InChI=1S/C25H21N3O2S/c1-3-28(4-2)20-11-9-17(10-12-20)13-19(15-26)24-27-22(16-31-24)21-14-18-7-5-6-8-23(18)30-25(21)29/h5-14,16H,3-4H2,1-2H3. The smallest absolute Gasteiger partial charge is 0.345 e. The Hall–Kier alpha value is -3.69. The average Bonchev–Trinajstić information content (AvgIpc) is 3.28. The second-order valence-electron chi connectivity index (χ2n) is 6.96. The summed E-state index contributed by atoms with van der Waals surface area (Å²) in [5, 5.41) is 12.9. The summed E-state index contributed by atoms with van der Waals surface area (Å²) in [6.45, 7) is 6.14. The van der Waals surface area contributed by atoms with Gasteiger partial charge in [-0.05, 0) is 49.8 Å². The molecule has 31 heavy (non-hydrogen) atoms. The summed E-state index contributed by atoms with van der Waals surface area (Å²) in [4.78, 5) is 19.2. The molecule has 0 aliphatic heterocycles.